The highest BCUT2D eigenvalue weighted by Crippen LogP contribution is 2.44. The van der Waals surface area contributed by atoms with Gasteiger partial charge in [-0.3, -0.25) is 0 Å². The van der Waals surface area contributed by atoms with Crippen LogP contribution in [-0.4, -0.2) is 41.4 Å². The van der Waals surface area contributed by atoms with Crippen molar-refractivity contribution in [3.05, 3.63) is 46.9 Å². The second-order valence-corrected chi connectivity index (χ2v) is 5.51. The highest BCUT2D eigenvalue weighted by Gasteiger charge is 2.38. The third-order valence-corrected chi connectivity index (χ3v) is 3.69. The quantitative estimate of drug-likeness (QED) is 0.605. The summed E-state index contributed by atoms with van der Waals surface area (Å²) in [5.41, 5.74) is 7.66. The van der Waals surface area contributed by atoms with Crippen LogP contribution >= 0.6 is 0 Å². The number of carbonyl (C=O) groups is 1. The topological polar surface area (TPSA) is 128 Å². The molecule has 0 saturated carbocycles. The van der Waals surface area contributed by atoms with E-state index in [0.717, 1.165) is 11.1 Å². The van der Waals surface area contributed by atoms with Crippen molar-refractivity contribution in [2.24, 2.45) is 0 Å². The Balaban J connectivity index is 0.000000370. The minimum atomic E-state index is -5.08. The van der Waals surface area contributed by atoms with E-state index >= 15 is 0 Å². The number of carboxylic acid groups (broad SMARTS) is 1. The number of methoxy groups -OCH3 is 2. The molecule has 0 aliphatic heterocycles. The minimum Gasteiger partial charge on any atom is -0.493 e. The zero-order valence-electron chi connectivity index (χ0n) is 15.2. The molecule has 0 aliphatic rings. The number of nitrogens with two attached hydrogens (primary N) is 1. The van der Waals surface area contributed by atoms with Crippen LogP contribution in [0.5, 0.6) is 11.5 Å². The summed E-state index contributed by atoms with van der Waals surface area (Å²) in [7, 11) is 3.10. The number of aromatic nitrogens is 2. The summed E-state index contributed by atoms with van der Waals surface area (Å²) in [4.78, 5) is 27.0. The van der Waals surface area contributed by atoms with Gasteiger partial charge in [0.2, 0.25) is 0 Å². The number of hydrogen-bond acceptors (Lipinski definition) is 6. The van der Waals surface area contributed by atoms with Gasteiger partial charge in [-0.25, -0.2) is 9.59 Å². The normalized spacial score (nSPS) is 10.8. The standard InChI is InChI=1S/C16H15N3O3.C2HF3O2/c1-21-11-8-10-13(15(17)19-16(20)18-10)12(14(11)22-2)9-6-4-3-5-7-9;3-2(4,5)1(6)7/h3-8H,1-2H3,(H3,17,18,19,20);(H,6,7). The summed E-state index contributed by atoms with van der Waals surface area (Å²) < 4.78 is 42.6. The van der Waals surface area contributed by atoms with Crippen molar-refractivity contribution in [1.82, 2.24) is 9.97 Å². The lowest BCUT2D eigenvalue weighted by atomic mass is 9.99. The molecular weight excluding hydrogens is 395 g/mol. The number of hydrogen-bond donors (Lipinski definition) is 3. The van der Waals surface area contributed by atoms with Gasteiger partial charge in [0.15, 0.2) is 11.5 Å². The van der Waals surface area contributed by atoms with E-state index in [1.807, 2.05) is 30.3 Å². The summed E-state index contributed by atoms with van der Waals surface area (Å²) in [6.45, 7) is 0. The lowest BCUT2D eigenvalue weighted by Gasteiger charge is -2.16. The van der Waals surface area contributed by atoms with E-state index in [1.54, 1.807) is 20.3 Å². The molecule has 8 nitrogen and oxygen atoms in total. The fraction of sp³-hybridized carbons (Fsp3) is 0.167. The largest absolute Gasteiger partial charge is 0.493 e. The molecule has 154 valence electrons. The van der Waals surface area contributed by atoms with Crippen molar-refractivity contribution in [3.8, 4) is 22.6 Å². The van der Waals surface area contributed by atoms with Crippen molar-refractivity contribution in [2.45, 2.75) is 6.18 Å². The number of halogens is 3. The molecule has 3 rings (SSSR count). The van der Waals surface area contributed by atoms with Gasteiger partial charge in [-0.1, -0.05) is 30.3 Å². The van der Waals surface area contributed by atoms with E-state index in [2.05, 4.69) is 9.97 Å². The lowest BCUT2D eigenvalue weighted by Crippen LogP contribution is -2.21. The Morgan fingerprint density at radius 3 is 2.24 bits per heavy atom. The third kappa shape index (κ3) is 4.75. The lowest BCUT2D eigenvalue weighted by molar-refractivity contribution is -0.192. The van der Waals surface area contributed by atoms with E-state index in [1.165, 1.54) is 0 Å². The van der Waals surface area contributed by atoms with E-state index < -0.39 is 17.8 Å². The van der Waals surface area contributed by atoms with Crippen LogP contribution in [0.3, 0.4) is 0 Å². The molecule has 0 bridgehead atoms. The van der Waals surface area contributed by atoms with Crippen LogP contribution in [0.1, 0.15) is 0 Å². The summed E-state index contributed by atoms with van der Waals surface area (Å²) in [6.07, 6.45) is -5.08. The van der Waals surface area contributed by atoms with Crippen LogP contribution < -0.4 is 20.9 Å². The Kier molecular flexibility index (Phi) is 6.32. The first kappa shape index (κ1) is 21.5. The Morgan fingerprint density at radius 2 is 1.76 bits per heavy atom. The van der Waals surface area contributed by atoms with Crippen molar-refractivity contribution >= 4 is 22.7 Å². The summed E-state index contributed by atoms with van der Waals surface area (Å²) in [5, 5.41) is 7.75. The summed E-state index contributed by atoms with van der Waals surface area (Å²) >= 11 is 0. The highest BCUT2D eigenvalue weighted by molar-refractivity contribution is 6.05. The number of nitrogens with one attached hydrogen (secondary N) is 1. The number of rotatable bonds is 3. The van der Waals surface area contributed by atoms with Gasteiger partial charge in [0, 0.05) is 11.6 Å². The molecule has 0 aliphatic carbocycles. The second-order valence-electron chi connectivity index (χ2n) is 5.51. The molecule has 4 N–H and O–H groups in total. The number of aliphatic carboxylic acids is 1. The van der Waals surface area contributed by atoms with Gasteiger partial charge in [0.05, 0.1) is 25.1 Å². The molecule has 0 radical (unpaired) electrons. The van der Waals surface area contributed by atoms with Crippen molar-refractivity contribution in [1.29, 1.82) is 0 Å². The first-order valence-electron chi connectivity index (χ1n) is 7.90. The van der Waals surface area contributed by atoms with Crippen LogP contribution in [0.2, 0.25) is 0 Å². The first-order chi connectivity index (χ1) is 13.6. The van der Waals surface area contributed by atoms with Crippen LogP contribution in [0.25, 0.3) is 22.0 Å². The molecule has 0 saturated heterocycles. The number of anilines is 1. The number of ether oxygens (including phenoxy) is 2. The van der Waals surface area contributed by atoms with Gasteiger partial charge >= 0.3 is 17.8 Å². The molecule has 0 amide bonds. The maximum atomic E-state index is 11.6. The molecule has 29 heavy (non-hydrogen) atoms. The van der Waals surface area contributed by atoms with E-state index in [-0.39, 0.29) is 5.82 Å². The average Bonchev–Trinajstić information content (AvgIpc) is 2.66. The Morgan fingerprint density at radius 1 is 1.17 bits per heavy atom. The molecule has 0 unspecified atom stereocenters. The molecule has 0 spiro atoms. The Labute approximate surface area is 161 Å². The van der Waals surface area contributed by atoms with Crippen molar-refractivity contribution in [3.63, 3.8) is 0 Å². The van der Waals surface area contributed by atoms with Gasteiger partial charge in [-0.15, -0.1) is 0 Å². The number of fused-ring (bicyclic) bond motifs is 1. The molecular formula is C18H16F3N3O5. The van der Waals surface area contributed by atoms with Crippen LogP contribution in [0.15, 0.2) is 41.2 Å². The smallest absolute Gasteiger partial charge is 0.490 e. The second kappa shape index (κ2) is 8.50. The monoisotopic (exact) mass is 411 g/mol. The SMILES string of the molecule is COc1cc2[nH]c(=O)nc(N)c2c(-c2ccccc2)c1OC.O=C(O)C(F)(F)F. The maximum absolute atomic E-state index is 11.6. The molecule has 3 aromatic rings. The number of aromatic amines is 1. The summed E-state index contributed by atoms with van der Waals surface area (Å²) in [5.74, 6) is -1.55. The average molecular weight is 411 g/mol. The minimum absolute atomic E-state index is 0.151. The van der Waals surface area contributed by atoms with Crippen LogP contribution in [0.4, 0.5) is 19.0 Å². The number of nitrogens with zero attached hydrogens (tertiary/aromatic N) is 1. The van der Waals surface area contributed by atoms with Gasteiger partial charge in [-0.2, -0.15) is 18.2 Å². The number of alkyl halides is 3. The zero-order valence-corrected chi connectivity index (χ0v) is 15.2. The third-order valence-electron chi connectivity index (χ3n) is 3.69. The van der Waals surface area contributed by atoms with Crippen molar-refractivity contribution < 1.29 is 32.5 Å². The van der Waals surface area contributed by atoms with E-state index in [0.29, 0.717) is 22.4 Å². The van der Waals surface area contributed by atoms with Gasteiger partial charge in [0.25, 0.3) is 0 Å². The molecule has 2 aromatic carbocycles. The van der Waals surface area contributed by atoms with Gasteiger partial charge in [-0.05, 0) is 5.56 Å². The molecule has 11 heteroatoms. The highest BCUT2D eigenvalue weighted by atomic mass is 19.4. The zero-order chi connectivity index (χ0) is 21.8. The fourth-order valence-electron chi connectivity index (χ4n) is 2.55. The maximum Gasteiger partial charge on any atom is 0.490 e. The number of benzene rings is 2. The first-order valence-corrected chi connectivity index (χ1v) is 7.90. The number of nitrogen functional groups attached to an aromatic ring is 1. The van der Waals surface area contributed by atoms with Gasteiger partial charge < -0.3 is 25.3 Å². The van der Waals surface area contributed by atoms with Crippen molar-refractivity contribution in [2.75, 3.05) is 20.0 Å². The van der Waals surface area contributed by atoms with E-state index in [4.69, 9.17) is 25.1 Å². The molecule has 0 atom stereocenters. The predicted octanol–water partition coefficient (Wildman–Crippen LogP) is 2.82. The number of H-pyrrole nitrogens is 1. The van der Waals surface area contributed by atoms with Gasteiger partial charge in [0.1, 0.15) is 5.82 Å². The Bertz CT molecular complexity index is 1080. The van der Waals surface area contributed by atoms with Crippen LogP contribution in [0, 0.1) is 0 Å². The number of carboxylic acids is 1. The fourth-order valence-corrected chi connectivity index (χ4v) is 2.55. The summed E-state index contributed by atoms with van der Waals surface area (Å²) in [6, 6.07) is 11.3. The Hall–Kier alpha value is -3.76. The molecule has 0 fully saturated rings. The molecule has 1 heterocycles. The van der Waals surface area contributed by atoms with E-state index in [9.17, 15) is 18.0 Å². The molecule has 1 aromatic heterocycles. The predicted molar refractivity (Wildman–Crippen MR) is 99.0 cm³/mol. The van der Waals surface area contributed by atoms with Crippen LogP contribution in [-0.2, 0) is 4.79 Å².